The third-order valence-electron chi connectivity index (χ3n) is 13.6. The normalized spacial score (nSPS) is 14.4. The molecule has 7 aromatic rings. The fourth-order valence-corrected chi connectivity index (χ4v) is 10.3. The summed E-state index contributed by atoms with van der Waals surface area (Å²) in [5, 5.41) is 89.9. The molecular weight excluding hydrogens is 911 g/mol. The molecule has 7 aromatic carbocycles. The summed E-state index contributed by atoms with van der Waals surface area (Å²) in [5.74, 6) is -8.24. The maximum atomic E-state index is 12.4. The van der Waals surface area contributed by atoms with E-state index in [4.69, 9.17) is 0 Å². The SMILES string of the molecule is C=C/C=C(\C=C)C1(c2ccccc2)C(CC)=C(/C=C\C)c2ccc(N(c3ccc([C@@H](C)c4ccccc4-c4ccccc4C)cc3)c3c(O)c(C)c(-c4c(O)c(O)c(O)c(O)c4O)c(O)c3O)cc21.CC.CC. The Bertz CT molecular complexity index is 3210. The standard InChI is InChI=1S/C60H55NO8.2C2H6/c1-8-19-38(10-3)60(39-22-13-12-14-23-39)47(11-4)45(20-9-2)46-32-31-41(33-48(46)60)61(51-52(62)36(7)49(53(63)56(51)66)50-54(64)57(67)59(69)58(68)55(50)65)40-29-27-37(28-30-40)35(6)43-25-17-18-26-44(43)42-24-16-15-21-34(42)5;2*1-2/h8-10,12-33,35,62-69H,1,3,11H2,2,4-7H3;2*1-2H3/b20-9-,38-19+;;/t35-,60?;;/m1../s1. The highest BCUT2D eigenvalue weighted by Crippen LogP contribution is 2.63. The highest BCUT2D eigenvalue weighted by atomic mass is 16.4. The van der Waals surface area contributed by atoms with Crippen molar-refractivity contribution in [2.45, 2.75) is 80.1 Å². The lowest BCUT2D eigenvalue weighted by atomic mass is 9.65. The zero-order valence-electron chi connectivity index (χ0n) is 43.2. The number of fused-ring (bicyclic) bond motifs is 1. The van der Waals surface area contributed by atoms with Gasteiger partial charge in [0.1, 0.15) is 11.4 Å². The van der Waals surface area contributed by atoms with Gasteiger partial charge in [0.15, 0.2) is 23.0 Å². The van der Waals surface area contributed by atoms with Crippen LogP contribution in [0.1, 0.15) is 99.7 Å². The van der Waals surface area contributed by atoms with Crippen molar-refractivity contribution in [2.24, 2.45) is 0 Å². The lowest BCUT2D eigenvalue weighted by Gasteiger charge is -2.37. The van der Waals surface area contributed by atoms with Gasteiger partial charge < -0.3 is 45.8 Å². The number of aromatic hydroxyl groups is 8. The number of hydrogen-bond acceptors (Lipinski definition) is 9. The van der Waals surface area contributed by atoms with Crippen LogP contribution in [0.25, 0.3) is 27.8 Å². The molecule has 0 heterocycles. The van der Waals surface area contributed by atoms with E-state index in [1.165, 1.54) is 6.92 Å². The summed E-state index contributed by atoms with van der Waals surface area (Å²) >= 11 is 0. The lowest BCUT2D eigenvalue weighted by molar-refractivity contribution is 0.329. The smallest absolute Gasteiger partial charge is 0.208 e. The first-order valence-electron chi connectivity index (χ1n) is 24.7. The van der Waals surface area contributed by atoms with E-state index in [0.717, 1.165) is 61.2 Å². The van der Waals surface area contributed by atoms with Crippen LogP contribution >= 0.6 is 0 Å². The summed E-state index contributed by atoms with van der Waals surface area (Å²) < 4.78 is 0. The van der Waals surface area contributed by atoms with E-state index in [-0.39, 0.29) is 17.2 Å². The first kappa shape index (κ1) is 53.8. The maximum Gasteiger partial charge on any atom is 0.208 e. The lowest BCUT2D eigenvalue weighted by Crippen LogP contribution is -2.30. The van der Waals surface area contributed by atoms with Gasteiger partial charge in [-0.25, -0.2) is 0 Å². The molecule has 2 atom stereocenters. The Morgan fingerprint density at radius 3 is 1.73 bits per heavy atom. The number of benzene rings is 7. The van der Waals surface area contributed by atoms with E-state index in [1.54, 1.807) is 11.0 Å². The Morgan fingerprint density at radius 2 is 1.15 bits per heavy atom. The van der Waals surface area contributed by atoms with Crippen LogP contribution in [-0.2, 0) is 5.41 Å². The van der Waals surface area contributed by atoms with Gasteiger partial charge >= 0.3 is 0 Å². The minimum atomic E-state index is -1.21. The zero-order chi connectivity index (χ0) is 53.5. The summed E-state index contributed by atoms with van der Waals surface area (Å²) in [6.45, 7) is 26.1. The van der Waals surface area contributed by atoms with E-state index >= 15 is 0 Å². The van der Waals surface area contributed by atoms with Crippen molar-refractivity contribution in [3.63, 3.8) is 0 Å². The molecule has 0 spiro atoms. The van der Waals surface area contributed by atoms with E-state index < -0.39 is 62.5 Å². The Balaban J connectivity index is 0.00000212. The van der Waals surface area contributed by atoms with Crippen molar-refractivity contribution < 1.29 is 40.9 Å². The second kappa shape index (κ2) is 22.7. The minimum Gasteiger partial charge on any atom is -0.505 e. The second-order valence-corrected chi connectivity index (χ2v) is 17.2. The third-order valence-corrected chi connectivity index (χ3v) is 13.6. The Labute approximate surface area is 429 Å². The van der Waals surface area contributed by atoms with Gasteiger partial charge in [0, 0.05) is 28.4 Å². The van der Waals surface area contributed by atoms with Crippen LogP contribution in [0.15, 0.2) is 176 Å². The molecule has 0 saturated carbocycles. The number of aryl methyl sites for hydroxylation is 1. The number of allylic oxidation sites excluding steroid dienone is 8. The van der Waals surface area contributed by atoms with Crippen LogP contribution in [0.4, 0.5) is 17.1 Å². The highest BCUT2D eigenvalue weighted by molar-refractivity contribution is 5.98. The van der Waals surface area contributed by atoms with Crippen molar-refractivity contribution in [1.82, 2.24) is 0 Å². The number of phenols is 8. The van der Waals surface area contributed by atoms with Crippen molar-refractivity contribution in [1.29, 1.82) is 0 Å². The molecule has 0 aliphatic heterocycles. The van der Waals surface area contributed by atoms with Crippen molar-refractivity contribution >= 4 is 22.6 Å². The van der Waals surface area contributed by atoms with E-state index in [2.05, 4.69) is 76.4 Å². The molecule has 0 aromatic heterocycles. The monoisotopic (exact) mass is 977 g/mol. The molecule has 0 fully saturated rings. The first-order chi connectivity index (χ1) is 35.2. The van der Waals surface area contributed by atoms with Gasteiger partial charge in [-0.3, -0.25) is 0 Å². The number of rotatable bonds is 13. The molecule has 9 nitrogen and oxygen atoms in total. The fourth-order valence-electron chi connectivity index (χ4n) is 10.3. The quantitative estimate of drug-likeness (QED) is 0.0319. The van der Waals surface area contributed by atoms with Gasteiger partial charge in [0.2, 0.25) is 17.2 Å². The average molecular weight is 978 g/mol. The summed E-state index contributed by atoms with van der Waals surface area (Å²) in [5.41, 5.74) is 9.74. The largest absolute Gasteiger partial charge is 0.505 e. The molecule has 0 saturated heterocycles. The Kier molecular flexibility index (Phi) is 16.7. The molecule has 9 heteroatoms. The average Bonchev–Trinajstić information content (AvgIpc) is 3.70. The molecule has 0 radical (unpaired) electrons. The Morgan fingerprint density at radius 1 is 0.603 bits per heavy atom. The molecule has 73 heavy (non-hydrogen) atoms. The van der Waals surface area contributed by atoms with Crippen LogP contribution in [0.5, 0.6) is 46.0 Å². The predicted octanol–water partition coefficient (Wildman–Crippen LogP) is 16.3. The molecule has 1 aliphatic rings. The molecule has 8 rings (SSSR count). The van der Waals surface area contributed by atoms with Crippen molar-refractivity contribution in [3.8, 4) is 68.2 Å². The number of phenolic OH excluding ortho intramolecular Hbond substituents is 8. The van der Waals surface area contributed by atoms with E-state index in [9.17, 15) is 40.9 Å². The summed E-state index contributed by atoms with van der Waals surface area (Å²) in [7, 11) is 0. The van der Waals surface area contributed by atoms with Gasteiger partial charge in [-0.2, -0.15) is 0 Å². The molecule has 0 bridgehead atoms. The molecule has 1 aliphatic carbocycles. The van der Waals surface area contributed by atoms with Gasteiger partial charge in [0.25, 0.3) is 0 Å². The summed E-state index contributed by atoms with van der Waals surface area (Å²) in [6.07, 6.45) is 10.3. The second-order valence-electron chi connectivity index (χ2n) is 17.2. The van der Waals surface area contributed by atoms with Crippen LogP contribution in [-0.4, -0.2) is 40.9 Å². The number of anilines is 3. The molecular formula is C64H67NO8. The summed E-state index contributed by atoms with van der Waals surface area (Å²) in [4.78, 5) is 1.63. The third kappa shape index (κ3) is 9.08. The van der Waals surface area contributed by atoms with Gasteiger partial charge in [-0.15, -0.1) is 0 Å². The molecule has 1 unspecified atom stereocenters. The molecule has 0 amide bonds. The molecule has 8 N–H and O–H groups in total. The highest BCUT2D eigenvalue weighted by Gasteiger charge is 2.47. The van der Waals surface area contributed by atoms with Gasteiger partial charge in [0.05, 0.1) is 11.0 Å². The number of nitrogens with zero attached hydrogens (tertiary/aromatic N) is 1. The predicted molar refractivity (Wildman–Crippen MR) is 299 cm³/mol. The van der Waals surface area contributed by atoms with Crippen molar-refractivity contribution in [2.75, 3.05) is 4.90 Å². The van der Waals surface area contributed by atoms with Crippen LogP contribution in [0.3, 0.4) is 0 Å². The topological polar surface area (TPSA) is 165 Å². The molecule has 376 valence electrons. The summed E-state index contributed by atoms with van der Waals surface area (Å²) in [6, 6.07) is 40.3. The van der Waals surface area contributed by atoms with Gasteiger partial charge in [-0.05, 0) is 113 Å². The maximum absolute atomic E-state index is 12.4. The Hall–Kier alpha value is -8.56. The van der Waals surface area contributed by atoms with E-state index in [0.29, 0.717) is 17.8 Å². The zero-order valence-corrected chi connectivity index (χ0v) is 43.2. The first-order valence-corrected chi connectivity index (χ1v) is 24.7. The fraction of sp³-hybridized carbons (Fsp3) is 0.188. The van der Waals surface area contributed by atoms with Crippen LogP contribution < -0.4 is 4.90 Å². The van der Waals surface area contributed by atoms with Crippen LogP contribution in [0, 0.1) is 13.8 Å². The van der Waals surface area contributed by atoms with Crippen molar-refractivity contribution in [3.05, 3.63) is 215 Å². The number of hydrogen-bond donors (Lipinski definition) is 8. The minimum absolute atomic E-state index is 0.0711. The van der Waals surface area contributed by atoms with E-state index in [1.807, 2.05) is 138 Å². The van der Waals surface area contributed by atoms with Gasteiger partial charge in [-0.1, -0.05) is 182 Å². The van der Waals surface area contributed by atoms with Crippen LogP contribution in [0.2, 0.25) is 0 Å².